The Morgan fingerprint density at radius 3 is 2.47 bits per heavy atom. The fourth-order valence-corrected chi connectivity index (χ4v) is 2.52. The normalized spacial score (nSPS) is 24.3. The quantitative estimate of drug-likeness (QED) is 0.866. The Labute approximate surface area is 117 Å². The van der Waals surface area contributed by atoms with Gasteiger partial charge in [0.15, 0.2) is 0 Å². The minimum atomic E-state index is -4.44. The number of aliphatic hydroxyl groups is 1. The summed E-state index contributed by atoms with van der Waals surface area (Å²) in [6.45, 7) is 0. The molecule has 0 aliphatic heterocycles. The van der Waals surface area contributed by atoms with E-state index < -0.39 is 11.7 Å². The van der Waals surface area contributed by atoms with Gasteiger partial charge in [0.2, 0.25) is 0 Å². The molecule has 2 rings (SSSR count). The van der Waals surface area contributed by atoms with Gasteiger partial charge >= 0.3 is 6.18 Å². The molecule has 0 radical (unpaired) electrons. The summed E-state index contributed by atoms with van der Waals surface area (Å²) in [5.74, 6) is -0.142. The van der Waals surface area contributed by atoms with Gasteiger partial charge in [-0.25, -0.2) is 4.98 Å². The van der Waals surface area contributed by atoms with Crippen molar-refractivity contribution in [1.82, 2.24) is 4.98 Å². The Bertz CT molecular complexity index is 445. The van der Waals surface area contributed by atoms with Crippen LogP contribution in [0.3, 0.4) is 0 Å². The number of hydrogen-bond acceptors (Lipinski definition) is 3. The van der Waals surface area contributed by atoms with Crippen LogP contribution in [0, 0.1) is 0 Å². The second kappa shape index (κ2) is 5.66. The van der Waals surface area contributed by atoms with Gasteiger partial charge in [0.1, 0.15) is 5.82 Å². The van der Waals surface area contributed by atoms with Crippen molar-refractivity contribution in [3.05, 3.63) is 22.3 Å². The van der Waals surface area contributed by atoms with E-state index in [9.17, 15) is 18.3 Å². The molecule has 1 saturated carbocycles. The van der Waals surface area contributed by atoms with Crippen LogP contribution in [0.15, 0.2) is 16.7 Å². The monoisotopic (exact) mass is 338 g/mol. The molecule has 0 bridgehead atoms. The molecule has 1 aromatic rings. The average Bonchev–Trinajstić information content (AvgIpc) is 2.33. The van der Waals surface area contributed by atoms with E-state index in [0.717, 1.165) is 6.07 Å². The van der Waals surface area contributed by atoms with Gasteiger partial charge in [0.05, 0.1) is 11.7 Å². The molecule has 2 N–H and O–H groups in total. The van der Waals surface area contributed by atoms with Crippen molar-refractivity contribution >= 4 is 21.7 Å². The van der Waals surface area contributed by atoms with E-state index in [2.05, 4.69) is 26.2 Å². The topological polar surface area (TPSA) is 45.1 Å². The highest BCUT2D eigenvalue weighted by Crippen LogP contribution is 2.36. The summed E-state index contributed by atoms with van der Waals surface area (Å²) in [5, 5.41) is 12.2. The first-order valence-corrected chi connectivity index (χ1v) is 6.83. The number of aromatic nitrogens is 1. The van der Waals surface area contributed by atoms with Crippen molar-refractivity contribution in [3.8, 4) is 0 Å². The van der Waals surface area contributed by atoms with Gasteiger partial charge in [0, 0.05) is 16.7 Å². The van der Waals surface area contributed by atoms with Crippen LogP contribution in [0.25, 0.3) is 0 Å². The molecule has 0 aromatic carbocycles. The van der Waals surface area contributed by atoms with Gasteiger partial charge < -0.3 is 10.4 Å². The fourth-order valence-electron chi connectivity index (χ4n) is 2.18. The zero-order valence-electron chi connectivity index (χ0n) is 10.0. The van der Waals surface area contributed by atoms with Crippen LogP contribution in [0.4, 0.5) is 19.0 Å². The average molecular weight is 339 g/mol. The molecule has 0 atom stereocenters. The number of nitrogens with zero attached hydrogens (tertiary/aromatic N) is 1. The van der Waals surface area contributed by atoms with E-state index in [0.29, 0.717) is 30.2 Å². The maximum absolute atomic E-state index is 12.9. The first-order valence-electron chi connectivity index (χ1n) is 6.03. The Kier molecular flexibility index (Phi) is 4.35. The van der Waals surface area contributed by atoms with Gasteiger partial charge in [-0.1, -0.05) is 0 Å². The Hall–Kier alpha value is -0.820. The lowest BCUT2D eigenvalue weighted by Crippen LogP contribution is -2.29. The maximum Gasteiger partial charge on any atom is 0.419 e. The van der Waals surface area contributed by atoms with Crippen LogP contribution >= 0.6 is 15.9 Å². The molecule has 1 aromatic heterocycles. The van der Waals surface area contributed by atoms with Crippen LogP contribution < -0.4 is 5.32 Å². The van der Waals surface area contributed by atoms with Crippen LogP contribution in [0.1, 0.15) is 31.2 Å². The zero-order chi connectivity index (χ0) is 14.0. The molecule has 0 spiro atoms. The van der Waals surface area contributed by atoms with E-state index in [1.165, 1.54) is 6.20 Å². The van der Waals surface area contributed by atoms with Crippen molar-refractivity contribution < 1.29 is 18.3 Å². The Morgan fingerprint density at radius 1 is 1.26 bits per heavy atom. The second-order valence-electron chi connectivity index (χ2n) is 4.70. The number of halogens is 4. The minimum absolute atomic E-state index is 0.0711. The first-order chi connectivity index (χ1) is 8.86. The molecule has 19 heavy (non-hydrogen) atoms. The third-order valence-electron chi connectivity index (χ3n) is 3.20. The highest BCUT2D eigenvalue weighted by atomic mass is 79.9. The maximum atomic E-state index is 12.9. The number of alkyl halides is 3. The van der Waals surface area contributed by atoms with E-state index in [4.69, 9.17) is 0 Å². The predicted molar refractivity (Wildman–Crippen MR) is 68.8 cm³/mol. The Morgan fingerprint density at radius 2 is 1.89 bits per heavy atom. The largest absolute Gasteiger partial charge is 0.419 e. The van der Waals surface area contributed by atoms with Crippen LogP contribution in [0.5, 0.6) is 0 Å². The summed E-state index contributed by atoms with van der Waals surface area (Å²) in [5.41, 5.74) is -0.770. The summed E-state index contributed by atoms with van der Waals surface area (Å²) in [6.07, 6.45) is -0.918. The molecule has 106 valence electrons. The second-order valence-corrected chi connectivity index (χ2v) is 5.61. The van der Waals surface area contributed by atoms with Crippen LogP contribution in [-0.2, 0) is 6.18 Å². The highest BCUT2D eigenvalue weighted by Gasteiger charge is 2.35. The van der Waals surface area contributed by atoms with Gasteiger partial charge in [0.25, 0.3) is 0 Å². The van der Waals surface area contributed by atoms with Crippen molar-refractivity contribution in [2.24, 2.45) is 0 Å². The first kappa shape index (κ1) is 14.6. The molecule has 1 aliphatic rings. The van der Waals surface area contributed by atoms with E-state index in [1.807, 2.05) is 0 Å². The van der Waals surface area contributed by atoms with E-state index >= 15 is 0 Å². The van der Waals surface area contributed by atoms with Gasteiger partial charge in [-0.05, 0) is 47.7 Å². The molecule has 1 aliphatic carbocycles. The van der Waals surface area contributed by atoms with E-state index in [1.54, 1.807) is 0 Å². The lowest BCUT2D eigenvalue weighted by molar-refractivity contribution is -0.137. The summed E-state index contributed by atoms with van der Waals surface area (Å²) in [4.78, 5) is 3.82. The molecule has 0 saturated heterocycles. The standard InChI is InChI=1S/C12H14BrF3N2O/c13-7-5-10(12(14,15)16)11(17-6-7)18-8-1-3-9(19)4-2-8/h5-6,8-9,19H,1-4H2,(H,17,18). The molecule has 1 heterocycles. The molecule has 3 nitrogen and oxygen atoms in total. The summed E-state index contributed by atoms with van der Waals surface area (Å²) >= 11 is 3.00. The predicted octanol–water partition coefficient (Wildman–Crippen LogP) is 3.58. The van der Waals surface area contributed by atoms with Gasteiger partial charge in [-0.3, -0.25) is 0 Å². The Balaban J connectivity index is 2.16. The SMILES string of the molecule is OC1CCC(Nc2ncc(Br)cc2C(F)(F)F)CC1. The van der Waals surface area contributed by atoms with Crippen molar-refractivity contribution in [2.45, 2.75) is 44.0 Å². The van der Waals surface area contributed by atoms with Crippen molar-refractivity contribution in [2.75, 3.05) is 5.32 Å². The fraction of sp³-hybridized carbons (Fsp3) is 0.583. The van der Waals surface area contributed by atoms with E-state index in [-0.39, 0.29) is 18.0 Å². The third-order valence-corrected chi connectivity index (χ3v) is 3.63. The lowest BCUT2D eigenvalue weighted by Gasteiger charge is -2.27. The lowest BCUT2D eigenvalue weighted by atomic mass is 9.93. The van der Waals surface area contributed by atoms with Crippen molar-refractivity contribution in [3.63, 3.8) is 0 Å². The minimum Gasteiger partial charge on any atom is -0.393 e. The van der Waals surface area contributed by atoms with Crippen molar-refractivity contribution in [1.29, 1.82) is 0 Å². The number of rotatable bonds is 2. The van der Waals surface area contributed by atoms with Gasteiger partial charge in [-0.2, -0.15) is 13.2 Å². The highest BCUT2D eigenvalue weighted by molar-refractivity contribution is 9.10. The molecule has 0 amide bonds. The number of hydrogen-bond donors (Lipinski definition) is 2. The molecule has 0 unspecified atom stereocenters. The van der Waals surface area contributed by atoms with Crippen LogP contribution in [0.2, 0.25) is 0 Å². The zero-order valence-corrected chi connectivity index (χ0v) is 11.6. The number of nitrogens with one attached hydrogen (secondary N) is 1. The number of pyridine rings is 1. The smallest absolute Gasteiger partial charge is 0.393 e. The number of aliphatic hydroxyl groups excluding tert-OH is 1. The van der Waals surface area contributed by atoms with Gasteiger partial charge in [-0.15, -0.1) is 0 Å². The summed E-state index contributed by atoms with van der Waals surface area (Å²) in [6, 6.07) is 0.950. The van der Waals surface area contributed by atoms with Crippen LogP contribution in [-0.4, -0.2) is 22.2 Å². The third kappa shape index (κ3) is 3.82. The summed E-state index contributed by atoms with van der Waals surface area (Å²) in [7, 11) is 0. The molecular formula is C12H14BrF3N2O. The molecule has 1 fully saturated rings. The molecular weight excluding hydrogens is 325 g/mol. The molecule has 7 heteroatoms. The summed E-state index contributed by atoms with van der Waals surface area (Å²) < 4.78 is 39.0. The number of anilines is 1.